The number of rotatable bonds is 6. The summed E-state index contributed by atoms with van der Waals surface area (Å²) in [6.45, 7) is 4.04. The second kappa shape index (κ2) is 7.00. The van der Waals surface area contributed by atoms with Crippen LogP contribution < -0.4 is 0 Å². The Morgan fingerprint density at radius 3 is 2.56 bits per heavy atom. The minimum absolute atomic E-state index is 0.0392. The van der Waals surface area contributed by atoms with E-state index in [-0.39, 0.29) is 5.92 Å². The lowest BCUT2D eigenvalue weighted by molar-refractivity contribution is -0.120. The summed E-state index contributed by atoms with van der Waals surface area (Å²) >= 11 is 0. The first-order chi connectivity index (χ1) is 7.79. The molecule has 0 bridgehead atoms. The van der Waals surface area contributed by atoms with Crippen molar-refractivity contribution in [2.75, 3.05) is 0 Å². The van der Waals surface area contributed by atoms with Gasteiger partial charge in [-0.1, -0.05) is 49.4 Å². The predicted octanol–water partition coefficient (Wildman–Crippen LogP) is 4.11. The Bertz CT molecular complexity index is 338. The number of benzene rings is 1. The standard InChI is InChI=1S/C15H20O/c1-3-5-12-14(15(16)9-4-2)13-10-7-6-8-11-13/h3,5-8,10-11,14H,4,9,12H2,1-2H3/b5-3+. The Morgan fingerprint density at radius 1 is 1.31 bits per heavy atom. The highest BCUT2D eigenvalue weighted by atomic mass is 16.1. The topological polar surface area (TPSA) is 17.1 Å². The highest BCUT2D eigenvalue weighted by Crippen LogP contribution is 2.23. The average Bonchev–Trinajstić information content (AvgIpc) is 2.31. The molecule has 16 heavy (non-hydrogen) atoms. The van der Waals surface area contributed by atoms with E-state index < -0.39 is 0 Å². The van der Waals surface area contributed by atoms with Gasteiger partial charge < -0.3 is 0 Å². The van der Waals surface area contributed by atoms with Gasteiger partial charge in [0.25, 0.3) is 0 Å². The summed E-state index contributed by atoms with van der Waals surface area (Å²) in [7, 11) is 0. The third-order valence-corrected chi connectivity index (χ3v) is 2.69. The van der Waals surface area contributed by atoms with Gasteiger partial charge in [-0.2, -0.15) is 0 Å². The molecule has 0 heterocycles. The molecule has 0 aliphatic carbocycles. The number of ketones is 1. The van der Waals surface area contributed by atoms with Crippen LogP contribution in [0.25, 0.3) is 0 Å². The maximum atomic E-state index is 12.0. The summed E-state index contributed by atoms with van der Waals surface area (Å²) in [6.07, 6.45) is 6.51. The van der Waals surface area contributed by atoms with E-state index in [0.29, 0.717) is 12.2 Å². The Labute approximate surface area is 98.2 Å². The van der Waals surface area contributed by atoms with Crippen LogP contribution in [0.4, 0.5) is 0 Å². The molecule has 1 nitrogen and oxygen atoms in total. The van der Waals surface area contributed by atoms with Crippen molar-refractivity contribution in [1.29, 1.82) is 0 Å². The van der Waals surface area contributed by atoms with E-state index in [9.17, 15) is 4.79 Å². The molecule has 1 aromatic rings. The number of carbonyl (C=O) groups excluding carboxylic acids is 1. The Balaban J connectivity index is 2.83. The van der Waals surface area contributed by atoms with Gasteiger partial charge in [-0.15, -0.1) is 0 Å². The smallest absolute Gasteiger partial charge is 0.140 e. The minimum Gasteiger partial charge on any atom is -0.299 e. The molecule has 0 saturated heterocycles. The number of carbonyl (C=O) groups is 1. The van der Waals surface area contributed by atoms with Crippen LogP contribution in [-0.4, -0.2) is 5.78 Å². The molecule has 1 aromatic carbocycles. The lowest BCUT2D eigenvalue weighted by Crippen LogP contribution is -2.11. The maximum absolute atomic E-state index is 12.0. The van der Waals surface area contributed by atoms with Gasteiger partial charge in [0.15, 0.2) is 0 Å². The van der Waals surface area contributed by atoms with E-state index in [4.69, 9.17) is 0 Å². The lowest BCUT2D eigenvalue weighted by atomic mass is 9.89. The molecule has 0 N–H and O–H groups in total. The van der Waals surface area contributed by atoms with Gasteiger partial charge in [0.2, 0.25) is 0 Å². The fourth-order valence-electron chi connectivity index (χ4n) is 1.83. The summed E-state index contributed by atoms with van der Waals surface area (Å²) in [5, 5.41) is 0. The number of Topliss-reactive ketones (excluding diaryl/α,β-unsaturated/α-hetero) is 1. The number of allylic oxidation sites excluding steroid dienone is 2. The SMILES string of the molecule is C/C=C/CC(C(=O)CCC)c1ccccc1. The molecule has 1 rings (SSSR count). The summed E-state index contributed by atoms with van der Waals surface area (Å²) in [4.78, 5) is 12.0. The minimum atomic E-state index is 0.0392. The van der Waals surface area contributed by atoms with Crippen molar-refractivity contribution in [2.24, 2.45) is 0 Å². The molecule has 0 aromatic heterocycles. The van der Waals surface area contributed by atoms with Gasteiger partial charge in [0.05, 0.1) is 0 Å². The largest absolute Gasteiger partial charge is 0.299 e. The molecule has 1 atom stereocenters. The predicted molar refractivity (Wildman–Crippen MR) is 68.5 cm³/mol. The molecular formula is C15H20O. The van der Waals surface area contributed by atoms with Crippen molar-refractivity contribution in [3.8, 4) is 0 Å². The zero-order chi connectivity index (χ0) is 11.8. The van der Waals surface area contributed by atoms with Gasteiger partial charge in [-0.05, 0) is 25.3 Å². The Hall–Kier alpha value is -1.37. The van der Waals surface area contributed by atoms with Crippen LogP contribution in [0.15, 0.2) is 42.5 Å². The Morgan fingerprint density at radius 2 is 2.00 bits per heavy atom. The van der Waals surface area contributed by atoms with Crippen LogP contribution in [0.5, 0.6) is 0 Å². The van der Waals surface area contributed by atoms with Crippen LogP contribution in [0.2, 0.25) is 0 Å². The van der Waals surface area contributed by atoms with Crippen molar-refractivity contribution in [1.82, 2.24) is 0 Å². The van der Waals surface area contributed by atoms with Crippen molar-refractivity contribution < 1.29 is 4.79 Å². The molecule has 0 radical (unpaired) electrons. The van der Waals surface area contributed by atoms with Crippen molar-refractivity contribution >= 4 is 5.78 Å². The molecular weight excluding hydrogens is 196 g/mol. The highest BCUT2D eigenvalue weighted by Gasteiger charge is 2.17. The van der Waals surface area contributed by atoms with Gasteiger partial charge in [0, 0.05) is 12.3 Å². The molecule has 86 valence electrons. The third-order valence-electron chi connectivity index (χ3n) is 2.69. The first-order valence-corrected chi connectivity index (χ1v) is 5.98. The summed E-state index contributed by atoms with van der Waals surface area (Å²) in [5.41, 5.74) is 1.14. The van der Waals surface area contributed by atoms with Crippen molar-refractivity contribution in [3.63, 3.8) is 0 Å². The summed E-state index contributed by atoms with van der Waals surface area (Å²) in [6, 6.07) is 10.1. The second-order valence-electron chi connectivity index (χ2n) is 3.98. The van der Waals surface area contributed by atoms with E-state index >= 15 is 0 Å². The van der Waals surface area contributed by atoms with E-state index in [2.05, 4.69) is 13.0 Å². The second-order valence-corrected chi connectivity index (χ2v) is 3.98. The average molecular weight is 216 g/mol. The van der Waals surface area contributed by atoms with E-state index in [1.165, 1.54) is 0 Å². The van der Waals surface area contributed by atoms with Gasteiger partial charge in [-0.25, -0.2) is 0 Å². The first-order valence-electron chi connectivity index (χ1n) is 5.98. The zero-order valence-corrected chi connectivity index (χ0v) is 10.1. The van der Waals surface area contributed by atoms with Gasteiger partial charge in [-0.3, -0.25) is 4.79 Å². The molecule has 0 saturated carbocycles. The maximum Gasteiger partial charge on any atom is 0.140 e. The molecule has 1 heteroatoms. The molecule has 0 aliphatic heterocycles. The van der Waals surface area contributed by atoms with Crippen LogP contribution >= 0.6 is 0 Å². The zero-order valence-electron chi connectivity index (χ0n) is 10.1. The normalized spacial score (nSPS) is 12.9. The summed E-state index contributed by atoms with van der Waals surface area (Å²) < 4.78 is 0. The fourth-order valence-corrected chi connectivity index (χ4v) is 1.83. The van der Waals surface area contributed by atoms with Gasteiger partial charge >= 0.3 is 0 Å². The monoisotopic (exact) mass is 216 g/mol. The quantitative estimate of drug-likeness (QED) is 0.654. The van der Waals surface area contributed by atoms with Gasteiger partial charge in [0.1, 0.15) is 5.78 Å². The van der Waals surface area contributed by atoms with E-state index in [1.807, 2.05) is 43.3 Å². The highest BCUT2D eigenvalue weighted by molar-refractivity contribution is 5.85. The van der Waals surface area contributed by atoms with Crippen molar-refractivity contribution in [3.05, 3.63) is 48.0 Å². The van der Waals surface area contributed by atoms with Crippen LogP contribution in [0, 0.1) is 0 Å². The number of hydrogen-bond acceptors (Lipinski definition) is 1. The van der Waals surface area contributed by atoms with Crippen LogP contribution in [0.3, 0.4) is 0 Å². The van der Waals surface area contributed by atoms with E-state index in [1.54, 1.807) is 0 Å². The lowest BCUT2D eigenvalue weighted by Gasteiger charge is -2.13. The molecule has 0 fully saturated rings. The summed E-state index contributed by atoms with van der Waals surface area (Å²) in [5.74, 6) is 0.393. The first kappa shape index (κ1) is 12.7. The molecule has 0 aliphatic rings. The van der Waals surface area contributed by atoms with Crippen LogP contribution in [0.1, 0.15) is 44.6 Å². The third kappa shape index (κ3) is 3.65. The Kier molecular flexibility index (Phi) is 5.55. The molecule has 1 unspecified atom stereocenters. The molecule has 0 spiro atoms. The fraction of sp³-hybridized carbons (Fsp3) is 0.400. The number of hydrogen-bond donors (Lipinski definition) is 0. The van der Waals surface area contributed by atoms with Crippen LogP contribution in [-0.2, 0) is 4.79 Å². The van der Waals surface area contributed by atoms with E-state index in [0.717, 1.165) is 18.4 Å². The van der Waals surface area contributed by atoms with Crippen molar-refractivity contribution in [2.45, 2.75) is 39.0 Å². The molecule has 0 amide bonds.